The third-order valence-electron chi connectivity index (χ3n) is 4.44. The molecule has 0 spiro atoms. The summed E-state index contributed by atoms with van der Waals surface area (Å²) in [5.41, 5.74) is 3.92. The maximum Gasteiger partial charge on any atom is 0.132 e. The van der Waals surface area contributed by atoms with Gasteiger partial charge in [0, 0.05) is 11.6 Å². The van der Waals surface area contributed by atoms with Crippen LogP contribution in [0.5, 0.6) is 11.5 Å². The quantitative estimate of drug-likeness (QED) is 0.309. The molecule has 0 atom stereocenters. The Morgan fingerprint density at radius 3 is 1.86 bits per heavy atom. The molecule has 1 N–H and O–H groups in total. The lowest BCUT2D eigenvalue weighted by Crippen LogP contribution is -2.04. The van der Waals surface area contributed by atoms with Crippen molar-refractivity contribution >= 4 is 6.21 Å². The van der Waals surface area contributed by atoms with Crippen LogP contribution in [0.15, 0.2) is 78.0 Å². The third kappa shape index (κ3) is 5.13. The molecule has 0 saturated carbocycles. The fourth-order valence-corrected chi connectivity index (χ4v) is 2.93. The Morgan fingerprint density at radius 2 is 1.36 bits per heavy atom. The maximum atomic E-state index is 9.06. The van der Waals surface area contributed by atoms with Crippen LogP contribution in [0.25, 0.3) is 0 Å². The van der Waals surface area contributed by atoms with Crippen LogP contribution in [0, 0.1) is 0 Å². The fourth-order valence-electron chi connectivity index (χ4n) is 2.93. The van der Waals surface area contributed by atoms with E-state index in [-0.39, 0.29) is 5.92 Å². The normalized spacial score (nSPS) is 11.1. The van der Waals surface area contributed by atoms with Crippen LogP contribution in [0.2, 0.25) is 0 Å². The maximum absolute atomic E-state index is 9.06. The summed E-state index contributed by atoms with van der Waals surface area (Å²) in [6.07, 6.45) is 1.40. The first kappa shape index (κ1) is 19.5. The second-order valence-corrected chi connectivity index (χ2v) is 6.88. The van der Waals surface area contributed by atoms with Crippen LogP contribution in [0.4, 0.5) is 0 Å². The molecule has 0 bridgehead atoms. The predicted octanol–water partition coefficient (Wildman–Crippen LogP) is 5.78. The van der Waals surface area contributed by atoms with Gasteiger partial charge >= 0.3 is 0 Å². The summed E-state index contributed by atoms with van der Waals surface area (Å²) < 4.78 is 12.1. The number of benzene rings is 3. The topological polar surface area (TPSA) is 51.1 Å². The molecule has 0 aromatic heterocycles. The minimum Gasteiger partial charge on any atom is -0.488 e. The van der Waals surface area contributed by atoms with Gasteiger partial charge in [0.15, 0.2) is 0 Å². The van der Waals surface area contributed by atoms with Crippen molar-refractivity contribution in [3.63, 3.8) is 0 Å². The monoisotopic (exact) mass is 375 g/mol. The molecule has 3 aromatic rings. The average molecular weight is 375 g/mol. The highest BCUT2D eigenvalue weighted by molar-refractivity contribution is 5.84. The van der Waals surface area contributed by atoms with Crippen LogP contribution in [-0.2, 0) is 13.2 Å². The van der Waals surface area contributed by atoms with Gasteiger partial charge in [0.05, 0.1) is 6.21 Å². The van der Waals surface area contributed by atoms with Gasteiger partial charge < -0.3 is 14.7 Å². The van der Waals surface area contributed by atoms with Crippen molar-refractivity contribution in [2.75, 3.05) is 0 Å². The first-order valence-electron chi connectivity index (χ1n) is 9.36. The molecule has 4 nitrogen and oxygen atoms in total. The summed E-state index contributed by atoms with van der Waals surface area (Å²) in [4.78, 5) is 0. The van der Waals surface area contributed by atoms with Crippen molar-refractivity contribution in [1.82, 2.24) is 0 Å². The lowest BCUT2D eigenvalue weighted by atomic mass is 9.99. The molecule has 4 heteroatoms. The molecule has 0 saturated heterocycles. The summed E-state index contributed by atoms with van der Waals surface area (Å²) in [5.74, 6) is 1.64. The van der Waals surface area contributed by atoms with E-state index in [1.165, 1.54) is 6.21 Å². The summed E-state index contributed by atoms with van der Waals surface area (Å²) in [7, 11) is 0. The van der Waals surface area contributed by atoms with Crippen molar-refractivity contribution in [2.45, 2.75) is 33.0 Å². The second-order valence-electron chi connectivity index (χ2n) is 6.88. The molecule has 0 aliphatic rings. The van der Waals surface area contributed by atoms with Crippen molar-refractivity contribution in [3.8, 4) is 11.5 Å². The van der Waals surface area contributed by atoms with Crippen molar-refractivity contribution in [1.29, 1.82) is 0 Å². The van der Waals surface area contributed by atoms with E-state index in [1.807, 2.05) is 72.8 Å². The summed E-state index contributed by atoms with van der Waals surface area (Å²) in [6.45, 7) is 5.11. The van der Waals surface area contributed by atoms with Gasteiger partial charge in [-0.3, -0.25) is 0 Å². The van der Waals surface area contributed by atoms with Crippen molar-refractivity contribution < 1.29 is 14.7 Å². The molecule has 28 heavy (non-hydrogen) atoms. The van der Waals surface area contributed by atoms with E-state index in [9.17, 15) is 0 Å². The smallest absolute Gasteiger partial charge is 0.132 e. The Balaban J connectivity index is 1.88. The molecule has 0 amide bonds. The van der Waals surface area contributed by atoms with Crippen LogP contribution < -0.4 is 9.47 Å². The van der Waals surface area contributed by atoms with E-state index in [0.717, 1.165) is 22.4 Å². The first-order valence-corrected chi connectivity index (χ1v) is 9.36. The molecule has 0 heterocycles. The molecule has 0 aliphatic heterocycles. The van der Waals surface area contributed by atoms with Crippen molar-refractivity contribution in [2.24, 2.45) is 5.16 Å². The van der Waals surface area contributed by atoms with Gasteiger partial charge in [0.2, 0.25) is 0 Å². The lowest BCUT2D eigenvalue weighted by Gasteiger charge is -2.18. The number of rotatable bonds is 8. The Morgan fingerprint density at radius 1 is 0.821 bits per heavy atom. The van der Waals surface area contributed by atoms with Gasteiger partial charge in [0.25, 0.3) is 0 Å². The molecule has 0 unspecified atom stereocenters. The van der Waals surface area contributed by atoms with Crippen LogP contribution in [-0.4, -0.2) is 11.4 Å². The molecule has 3 aromatic carbocycles. The number of oxime groups is 1. The Hall–Kier alpha value is -3.27. The number of hydrogen-bond donors (Lipinski definition) is 1. The van der Waals surface area contributed by atoms with E-state index >= 15 is 0 Å². The van der Waals surface area contributed by atoms with Gasteiger partial charge in [0.1, 0.15) is 24.7 Å². The average Bonchev–Trinajstić information content (AvgIpc) is 2.73. The minimum atomic E-state index is 0.250. The Kier molecular flexibility index (Phi) is 6.68. The molecule has 0 radical (unpaired) electrons. The van der Waals surface area contributed by atoms with E-state index in [1.54, 1.807) is 0 Å². The molecule has 144 valence electrons. The highest BCUT2D eigenvalue weighted by atomic mass is 16.5. The molecular formula is C24H25NO3. The summed E-state index contributed by atoms with van der Waals surface area (Å²) >= 11 is 0. The van der Waals surface area contributed by atoms with Crippen LogP contribution in [0.1, 0.15) is 42.0 Å². The van der Waals surface area contributed by atoms with Gasteiger partial charge in [-0.2, -0.15) is 0 Å². The van der Waals surface area contributed by atoms with Gasteiger partial charge in [-0.25, -0.2) is 0 Å². The summed E-state index contributed by atoms with van der Waals surface area (Å²) in [5, 5.41) is 12.3. The van der Waals surface area contributed by atoms with E-state index in [0.29, 0.717) is 24.5 Å². The largest absolute Gasteiger partial charge is 0.488 e. The fraction of sp³-hybridized carbons (Fsp3) is 0.208. The van der Waals surface area contributed by atoms with E-state index < -0.39 is 0 Å². The van der Waals surface area contributed by atoms with Gasteiger partial charge in [-0.05, 0) is 28.7 Å². The van der Waals surface area contributed by atoms with Crippen molar-refractivity contribution in [3.05, 3.63) is 95.1 Å². The molecule has 0 aliphatic carbocycles. The second kappa shape index (κ2) is 9.60. The number of nitrogens with zero attached hydrogens (tertiary/aromatic N) is 1. The number of ether oxygens (including phenoxy) is 2. The third-order valence-corrected chi connectivity index (χ3v) is 4.44. The SMILES string of the molecule is CC(C)c1cc(/C=N/O)c(OCc2ccccc2)cc1OCc1ccccc1. The van der Waals surface area contributed by atoms with Gasteiger partial charge in [-0.1, -0.05) is 79.7 Å². The highest BCUT2D eigenvalue weighted by Crippen LogP contribution is 2.34. The molecule has 3 rings (SSSR count). The van der Waals surface area contributed by atoms with Gasteiger partial charge in [-0.15, -0.1) is 0 Å². The highest BCUT2D eigenvalue weighted by Gasteiger charge is 2.15. The standard InChI is InChI=1S/C24H25NO3/c1-18(2)22-13-21(15-25-26)23(27-16-19-9-5-3-6-10-19)14-24(22)28-17-20-11-7-4-8-12-20/h3-15,18,26H,16-17H2,1-2H3/b25-15+. The first-order chi connectivity index (χ1) is 13.7. The zero-order chi connectivity index (χ0) is 19.8. The van der Waals surface area contributed by atoms with Crippen LogP contribution >= 0.6 is 0 Å². The van der Waals surface area contributed by atoms with Crippen LogP contribution in [0.3, 0.4) is 0 Å². The Labute approximate surface area is 166 Å². The molecule has 0 fully saturated rings. The Bertz CT molecular complexity index is 906. The zero-order valence-corrected chi connectivity index (χ0v) is 16.2. The minimum absolute atomic E-state index is 0.250. The predicted molar refractivity (Wildman–Crippen MR) is 111 cm³/mol. The number of hydrogen-bond acceptors (Lipinski definition) is 4. The lowest BCUT2D eigenvalue weighted by molar-refractivity contribution is 0.286. The zero-order valence-electron chi connectivity index (χ0n) is 16.2. The molecular weight excluding hydrogens is 350 g/mol. The van der Waals surface area contributed by atoms with E-state index in [2.05, 4.69) is 19.0 Å². The van der Waals surface area contributed by atoms with E-state index in [4.69, 9.17) is 14.7 Å². The summed E-state index contributed by atoms with van der Waals surface area (Å²) in [6, 6.07) is 23.9.